The minimum absolute atomic E-state index is 0.0296. The van der Waals surface area contributed by atoms with Crippen molar-refractivity contribution in [2.75, 3.05) is 6.54 Å². The molecule has 1 aliphatic carbocycles. The zero-order valence-corrected chi connectivity index (χ0v) is 18.4. The molecule has 1 heterocycles. The zero-order valence-electron chi connectivity index (χ0n) is 18.4. The number of likely N-dealkylation sites (tertiary alicyclic amines) is 1. The number of hydrogen-bond donors (Lipinski definition) is 1. The summed E-state index contributed by atoms with van der Waals surface area (Å²) in [6.45, 7) is 9.11. The van der Waals surface area contributed by atoms with Gasteiger partial charge in [-0.3, -0.25) is 4.79 Å². The summed E-state index contributed by atoms with van der Waals surface area (Å²) in [6, 6.07) is 13.5. The van der Waals surface area contributed by atoms with Gasteiger partial charge in [0.1, 0.15) is 11.5 Å². The minimum atomic E-state index is -0.108. The number of Topliss-reactive ketones (excluding diaryl/α,β-unsaturated/α-hetero) is 1. The maximum atomic E-state index is 13.5. The lowest BCUT2D eigenvalue weighted by Gasteiger charge is -2.60. The lowest BCUT2D eigenvalue weighted by molar-refractivity contribution is -0.116. The Morgan fingerprint density at radius 2 is 1.80 bits per heavy atom. The summed E-state index contributed by atoms with van der Waals surface area (Å²) >= 11 is 0. The molecule has 1 saturated heterocycles. The average molecular weight is 406 g/mol. The zero-order chi connectivity index (χ0) is 21.7. The summed E-state index contributed by atoms with van der Waals surface area (Å²) < 4.78 is 0. The van der Waals surface area contributed by atoms with Gasteiger partial charge in [-0.25, -0.2) is 0 Å². The third kappa shape index (κ3) is 3.13. The second-order valence-electron chi connectivity index (χ2n) is 9.72. The maximum absolute atomic E-state index is 13.5. The molecule has 1 N–H and O–H groups in total. The molecule has 4 heteroatoms. The monoisotopic (exact) mass is 405 g/mol. The van der Waals surface area contributed by atoms with Crippen LogP contribution in [0.15, 0.2) is 42.5 Å². The van der Waals surface area contributed by atoms with Crippen molar-refractivity contribution < 1.29 is 14.7 Å². The van der Waals surface area contributed by atoms with Crippen LogP contribution in [0.25, 0.3) is 0 Å². The molecule has 0 aromatic heterocycles. The van der Waals surface area contributed by atoms with Gasteiger partial charge in [0.2, 0.25) is 0 Å². The van der Waals surface area contributed by atoms with Crippen LogP contribution in [0.2, 0.25) is 0 Å². The number of aromatic hydroxyl groups is 1. The number of aryl methyl sites for hydroxylation is 1. The number of carbonyl (C=O) groups excluding carboxylic acids is 2. The number of carbonyl (C=O) groups is 2. The molecule has 30 heavy (non-hydrogen) atoms. The van der Waals surface area contributed by atoms with Crippen molar-refractivity contribution >= 4 is 11.7 Å². The number of nitrogens with zero attached hydrogens (tertiary/aromatic N) is 1. The van der Waals surface area contributed by atoms with E-state index < -0.39 is 0 Å². The topological polar surface area (TPSA) is 57.6 Å². The second kappa shape index (κ2) is 7.26. The van der Waals surface area contributed by atoms with E-state index in [1.54, 1.807) is 13.0 Å². The van der Waals surface area contributed by atoms with Gasteiger partial charge in [-0.15, -0.1) is 0 Å². The number of rotatable bonds is 4. The van der Waals surface area contributed by atoms with E-state index in [0.29, 0.717) is 37.1 Å². The molecule has 4 nitrogen and oxygen atoms in total. The number of piperidine rings is 1. The predicted molar refractivity (Wildman–Crippen MR) is 118 cm³/mol. The first-order valence-electron chi connectivity index (χ1n) is 10.9. The number of hydrogen-bond acceptors (Lipinski definition) is 3. The SMILES string of the molecule is CC(=O)CCc1ccc(C(=O)N2CC[C@@]3(C)c4cccc(O)c4C[C@@H]2C3(C)C)cc1. The predicted octanol–water partition coefficient (Wildman–Crippen LogP) is 4.67. The van der Waals surface area contributed by atoms with Crippen LogP contribution in [0.1, 0.15) is 67.6 Å². The Hall–Kier alpha value is -2.62. The summed E-state index contributed by atoms with van der Waals surface area (Å²) in [5, 5.41) is 10.5. The van der Waals surface area contributed by atoms with E-state index in [-0.39, 0.29) is 28.6 Å². The van der Waals surface area contributed by atoms with Gasteiger partial charge in [0.05, 0.1) is 0 Å². The first-order valence-corrected chi connectivity index (χ1v) is 10.9. The number of phenolic OH excluding ortho intramolecular Hbond substituents is 1. The third-order valence-electron chi connectivity index (χ3n) is 7.85. The summed E-state index contributed by atoms with van der Waals surface area (Å²) in [5.41, 5.74) is 3.78. The molecule has 158 valence electrons. The number of amides is 1. The van der Waals surface area contributed by atoms with Crippen molar-refractivity contribution in [1.29, 1.82) is 0 Å². The van der Waals surface area contributed by atoms with Crippen molar-refractivity contribution in [2.45, 2.75) is 64.8 Å². The van der Waals surface area contributed by atoms with Crippen LogP contribution in [0, 0.1) is 5.41 Å². The standard InChI is InChI=1S/C26H31NO3/c1-17(28)8-9-18-10-12-19(13-11-18)24(30)27-15-14-26(4)21-6-5-7-22(29)20(21)16-23(27)25(26,2)3/h5-7,10-13,23,29H,8-9,14-16H2,1-4H3/t23-,26+/m1/s1. The van der Waals surface area contributed by atoms with E-state index in [9.17, 15) is 14.7 Å². The summed E-state index contributed by atoms with van der Waals surface area (Å²) in [5.74, 6) is 0.560. The van der Waals surface area contributed by atoms with Crippen LogP contribution in [0.3, 0.4) is 0 Å². The van der Waals surface area contributed by atoms with Gasteiger partial charge < -0.3 is 14.8 Å². The largest absolute Gasteiger partial charge is 0.508 e. The van der Waals surface area contributed by atoms with Crippen molar-refractivity contribution in [3.63, 3.8) is 0 Å². The molecule has 4 rings (SSSR count). The lowest BCUT2D eigenvalue weighted by atomic mass is 9.51. The van der Waals surface area contributed by atoms with Crippen LogP contribution in [0.5, 0.6) is 5.75 Å². The third-order valence-corrected chi connectivity index (χ3v) is 7.85. The van der Waals surface area contributed by atoms with E-state index >= 15 is 0 Å². The molecule has 1 aliphatic heterocycles. The molecule has 0 saturated carbocycles. The van der Waals surface area contributed by atoms with Gasteiger partial charge in [-0.2, -0.15) is 0 Å². The maximum Gasteiger partial charge on any atom is 0.254 e. The molecule has 2 aromatic carbocycles. The highest BCUT2D eigenvalue weighted by Gasteiger charge is 2.57. The molecule has 2 aromatic rings. The number of benzene rings is 2. The first-order chi connectivity index (χ1) is 14.1. The highest BCUT2D eigenvalue weighted by atomic mass is 16.3. The minimum Gasteiger partial charge on any atom is -0.508 e. The highest BCUT2D eigenvalue weighted by Crippen LogP contribution is 2.57. The fourth-order valence-electron chi connectivity index (χ4n) is 5.47. The van der Waals surface area contributed by atoms with Crippen LogP contribution >= 0.6 is 0 Å². The summed E-state index contributed by atoms with van der Waals surface area (Å²) in [4.78, 5) is 26.7. The van der Waals surface area contributed by atoms with E-state index in [0.717, 1.165) is 17.5 Å². The van der Waals surface area contributed by atoms with Gasteiger partial charge in [0.25, 0.3) is 5.91 Å². The Bertz CT molecular complexity index is 992. The van der Waals surface area contributed by atoms with Crippen molar-refractivity contribution in [2.24, 2.45) is 5.41 Å². The molecule has 2 aliphatic rings. The van der Waals surface area contributed by atoms with E-state index in [1.165, 1.54) is 5.56 Å². The van der Waals surface area contributed by atoms with Crippen LogP contribution in [-0.2, 0) is 23.1 Å². The lowest BCUT2D eigenvalue weighted by Crippen LogP contribution is -2.64. The van der Waals surface area contributed by atoms with Crippen LogP contribution in [0.4, 0.5) is 0 Å². The van der Waals surface area contributed by atoms with Gasteiger partial charge in [-0.05, 0) is 66.5 Å². The van der Waals surface area contributed by atoms with E-state index in [2.05, 4.69) is 26.8 Å². The summed E-state index contributed by atoms with van der Waals surface area (Å²) in [7, 11) is 0. The van der Waals surface area contributed by atoms with E-state index in [1.807, 2.05) is 35.2 Å². The highest BCUT2D eigenvalue weighted by molar-refractivity contribution is 5.94. The molecule has 1 amide bonds. The van der Waals surface area contributed by atoms with Gasteiger partial charge >= 0.3 is 0 Å². The van der Waals surface area contributed by atoms with Gasteiger partial charge in [0.15, 0.2) is 0 Å². The Labute approximate surface area is 178 Å². The van der Waals surface area contributed by atoms with Crippen molar-refractivity contribution in [3.05, 3.63) is 64.7 Å². The molecule has 1 fully saturated rings. The Balaban J connectivity index is 1.63. The molecular weight excluding hydrogens is 374 g/mol. The van der Waals surface area contributed by atoms with Gasteiger partial charge in [0, 0.05) is 30.0 Å². The number of fused-ring (bicyclic) bond motifs is 4. The normalized spacial score (nSPS) is 24.3. The van der Waals surface area contributed by atoms with Crippen molar-refractivity contribution in [1.82, 2.24) is 4.90 Å². The second-order valence-corrected chi connectivity index (χ2v) is 9.72. The number of ketones is 1. The average Bonchev–Trinajstić information content (AvgIpc) is 2.70. The van der Waals surface area contributed by atoms with Crippen LogP contribution in [-0.4, -0.2) is 34.3 Å². The quantitative estimate of drug-likeness (QED) is 0.804. The Morgan fingerprint density at radius 3 is 2.47 bits per heavy atom. The van der Waals surface area contributed by atoms with Gasteiger partial charge in [-0.1, -0.05) is 45.0 Å². The van der Waals surface area contributed by atoms with Crippen LogP contribution < -0.4 is 0 Å². The fourth-order valence-corrected chi connectivity index (χ4v) is 5.47. The smallest absolute Gasteiger partial charge is 0.254 e. The fraction of sp³-hybridized carbons (Fsp3) is 0.462. The van der Waals surface area contributed by atoms with E-state index in [4.69, 9.17) is 0 Å². The molecule has 0 radical (unpaired) electrons. The first kappa shape index (κ1) is 20.6. The molecule has 0 spiro atoms. The Kier molecular flexibility index (Phi) is 5.00. The molecule has 2 atom stereocenters. The molecule has 0 unspecified atom stereocenters. The summed E-state index contributed by atoms with van der Waals surface area (Å²) in [6.07, 6.45) is 2.77. The molecule has 2 bridgehead atoms. The Morgan fingerprint density at radius 1 is 1.10 bits per heavy atom. The number of phenols is 1. The molecular formula is C26H31NO3. The van der Waals surface area contributed by atoms with Crippen molar-refractivity contribution in [3.8, 4) is 5.75 Å².